The highest BCUT2D eigenvalue weighted by Crippen LogP contribution is 2.24. The standard InChI is InChI=1S/C18H31ClN4O2/c1-12-9-22(10-13(2)25-12)18(6,7)11-20-14-8-21-23(17(3,4)5)16(24)15(14)19/h8,12-13,20H,9-11H2,1-7H3/t12-,13-/m0/s1. The Morgan fingerprint density at radius 3 is 2.32 bits per heavy atom. The second-order valence-electron chi connectivity index (χ2n) is 8.59. The summed E-state index contributed by atoms with van der Waals surface area (Å²) in [6, 6.07) is 0. The molecule has 0 aliphatic carbocycles. The number of anilines is 1. The van der Waals surface area contributed by atoms with Crippen molar-refractivity contribution in [1.82, 2.24) is 14.7 Å². The monoisotopic (exact) mass is 370 g/mol. The van der Waals surface area contributed by atoms with Gasteiger partial charge in [-0.15, -0.1) is 0 Å². The van der Waals surface area contributed by atoms with Crippen molar-refractivity contribution in [3.63, 3.8) is 0 Å². The van der Waals surface area contributed by atoms with E-state index in [0.29, 0.717) is 12.2 Å². The zero-order valence-electron chi connectivity index (χ0n) is 16.4. The van der Waals surface area contributed by atoms with Gasteiger partial charge in [0.2, 0.25) is 0 Å². The number of nitrogens with one attached hydrogen (secondary N) is 1. The fourth-order valence-corrected chi connectivity index (χ4v) is 3.32. The Balaban J connectivity index is 2.13. The van der Waals surface area contributed by atoms with E-state index in [0.717, 1.165) is 13.1 Å². The molecule has 0 radical (unpaired) electrons. The van der Waals surface area contributed by atoms with Crippen LogP contribution in [-0.2, 0) is 10.3 Å². The number of aromatic nitrogens is 2. The molecule has 0 aromatic carbocycles. The van der Waals surface area contributed by atoms with Gasteiger partial charge in [0.1, 0.15) is 5.02 Å². The molecule has 1 aromatic rings. The zero-order chi connectivity index (χ0) is 19.0. The van der Waals surface area contributed by atoms with Gasteiger partial charge in [-0.1, -0.05) is 11.6 Å². The van der Waals surface area contributed by atoms with Gasteiger partial charge in [-0.3, -0.25) is 9.69 Å². The van der Waals surface area contributed by atoms with Crippen LogP contribution in [0.2, 0.25) is 5.02 Å². The van der Waals surface area contributed by atoms with Crippen LogP contribution in [-0.4, -0.2) is 52.1 Å². The maximum absolute atomic E-state index is 12.4. The molecule has 1 saturated heterocycles. The molecule has 25 heavy (non-hydrogen) atoms. The van der Waals surface area contributed by atoms with E-state index in [2.05, 4.69) is 43.0 Å². The number of morpholine rings is 1. The van der Waals surface area contributed by atoms with E-state index < -0.39 is 5.54 Å². The summed E-state index contributed by atoms with van der Waals surface area (Å²) in [4.78, 5) is 14.9. The highest BCUT2D eigenvalue weighted by molar-refractivity contribution is 6.32. The highest BCUT2D eigenvalue weighted by Gasteiger charge is 2.33. The lowest BCUT2D eigenvalue weighted by atomic mass is 10.00. The van der Waals surface area contributed by atoms with Crippen LogP contribution >= 0.6 is 11.6 Å². The summed E-state index contributed by atoms with van der Waals surface area (Å²) in [6.07, 6.45) is 2.06. The molecule has 1 N–H and O–H groups in total. The summed E-state index contributed by atoms with van der Waals surface area (Å²) in [5, 5.41) is 7.77. The number of ether oxygens (including phenoxy) is 1. The van der Waals surface area contributed by atoms with E-state index >= 15 is 0 Å². The Kier molecular flexibility index (Phi) is 5.86. The van der Waals surface area contributed by atoms with E-state index in [1.54, 1.807) is 6.20 Å². The zero-order valence-corrected chi connectivity index (χ0v) is 17.1. The third-order valence-electron chi connectivity index (χ3n) is 4.54. The fraction of sp³-hybridized carbons (Fsp3) is 0.778. The highest BCUT2D eigenvalue weighted by atomic mass is 35.5. The van der Waals surface area contributed by atoms with E-state index in [-0.39, 0.29) is 28.3 Å². The average Bonchev–Trinajstić information content (AvgIpc) is 2.46. The quantitative estimate of drug-likeness (QED) is 0.882. The Bertz CT molecular complexity index is 656. The van der Waals surface area contributed by atoms with Gasteiger partial charge >= 0.3 is 0 Å². The second kappa shape index (κ2) is 7.25. The molecule has 0 saturated carbocycles. The molecule has 0 amide bonds. The molecule has 0 spiro atoms. The van der Waals surface area contributed by atoms with Gasteiger partial charge in [0, 0.05) is 25.2 Å². The Morgan fingerprint density at radius 2 is 1.80 bits per heavy atom. The number of nitrogens with zero attached hydrogens (tertiary/aromatic N) is 3. The molecule has 1 fully saturated rings. The fourth-order valence-electron chi connectivity index (χ4n) is 3.13. The molecule has 1 aliphatic rings. The lowest BCUT2D eigenvalue weighted by Crippen LogP contribution is -2.57. The van der Waals surface area contributed by atoms with Crippen LogP contribution in [0.15, 0.2) is 11.0 Å². The van der Waals surface area contributed by atoms with Crippen molar-refractivity contribution in [2.24, 2.45) is 0 Å². The second-order valence-corrected chi connectivity index (χ2v) is 8.97. The number of halogens is 1. The molecule has 0 bridgehead atoms. The van der Waals surface area contributed by atoms with E-state index in [4.69, 9.17) is 16.3 Å². The van der Waals surface area contributed by atoms with Crippen LogP contribution in [0.4, 0.5) is 5.69 Å². The molecular formula is C18H31ClN4O2. The summed E-state index contributed by atoms with van der Waals surface area (Å²) in [6.45, 7) is 16.8. The molecular weight excluding hydrogens is 340 g/mol. The summed E-state index contributed by atoms with van der Waals surface area (Å²) in [5.41, 5.74) is -0.201. The van der Waals surface area contributed by atoms with Crippen molar-refractivity contribution >= 4 is 17.3 Å². The minimum Gasteiger partial charge on any atom is -0.381 e. The van der Waals surface area contributed by atoms with Crippen LogP contribution in [0.5, 0.6) is 0 Å². The minimum absolute atomic E-state index is 0.103. The summed E-state index contributed by atoms with van der Waals surface area (Å²) in [5.74, 6) is 0. The van der Waals surface area contributed by atoms with Crippen LogP contribution in [0.3, 0.4) is 0 Å². The SMILES string of the molecule is C[C@H]1CN(C(C)(C)CNc2cnn(C(C)(C)C)c(=O)c2Cl)C[C@H](C)O1. The van der Waals surface area contributed by atoms with E-state index in [9.17, 15) is 4.79 Å². The first-order chi connectivity index (χ1) is 11.4. The minimum atomic E-state index is -0.404. The number of rotatable bonds is 4. The van der Waals surface area contributed by atoms with Crippen molar-refractivity contribution in [3.8, 4) is 0 Å². The van der Waals surface area contributed by atoms with E-state index in [1.807, 2.05) is 20.8 Å². The van der Waals surface area contributed by atoms with Gasteiger partial charge < -0.3 is 10.1 Å². The largest absolute Gasteiger partial charge is 0.381 e. The van der Waals surface area contributed by atoms with Crippen molar-refractivity contribution in [2.75, 3.05) is 25.0 Å². The molecule has 1 aromatic heterocycles. The van der Waals surface area contributed by atoms with Crippen molar-refractivity contribution in [1.29, 1.82) is 0 Å². The Hall–Kier alpha value is -1.11. The average molecular weight is 371 g/mol. The predicted octanol–water partition coefficient (Wildman–Crippen LogP) is 2.95. The summed E-state index contributed by atoms with van der Waals surface area (Å²) < 4.78 is 7.23. The van der Waals surface area contributed by atoms with Crippen molar-refractivity contribution in [2.45, 2.75) is 71.8 Å². The lowest BCUT2D eigenvalue weighted by molar-refractivity contribution is -0.0933. The first kappa shape index (κ1) is 20.2. The predicted molar refractivity (Wildman–Crippen MR) is 103 cm³/mol. The molecule has 6 nitrogen and oxygen atoms in total. The van der Waals surface area contributed by atoms with Crippen LogP contribution in [0.25, 0.3) is 0 Å². The molecule has 0 unspecified atom stereocenters. The molecule has 142 valence electrons. The first-order valence-corrected chi connectivity index (χ1v) is 9.22. The van der Waals surface area contributed by atoms with Crippen LogP contribution < -0.4 is 10.9 Å². The lowest BCUT2D eigenvalue weighted by Gasteiger charge is -2.45. The van der Waals surface area contributed by atoms with Crippen molar-refractivity contribution in [3.05, 3.63) is 21.6 Å². The Labute approximate surface area is 155 Å². The van der Waals surface area contributed by atoms with Crippen molar-refractivity contribution < 1.29 is 4.74 Å². The van der Waals surface area contributed by atoms with Gasteiger partial charge in [0.05, 0.1) is 29.6 Å². The molecule has 2 heterocycles. The number of hydrogen-bond donors (Lipinski definition) is 1. The van der Waals surface area contributed by atoms with Crippen LogP contribution in [0, 0.1) is 0 Å². The van der Waals surface area contributed by atoms with Gasteiger partial charge in [0.25, 0.3) is 5.56 Å². The normalized spacial score (nSPS) is 22.9. The van der Waals surface area contributed by atoms with Gasteiger partial charge in [-0.2, -0.15) is 5.10 Å². The van der Waals surface area contributed by atoms with Gasteiger partial charge in [0.15, 0.2) is 0 Å². The third kappa shape index (κ3) is 4.74. The number of hydrogen-bond acceptors (Lipinski definition) is 5. The van der Waals surface area contributed by atoms with E-state index in [1.165, 1.54) is 4.68 Å². The third-order valence-corrected chi connectivity index (χ3v) is 4.91. The maximum Gasteiger partial charge on any atom is 0.288 e. The first-order valence-electron chi connectivity index (χ1n) is 8.84. The maximum atomic E-state index is 12.4. The molecule has 2 atom stereocenters. The topological polar surface area (TPSA) is 59.4 Å². The van der Waals surface area contributed by atoms with Gasteiger partial charge in [-0.25, -0.2) is 4.68 Å². The molecule has 7 heteroatoms. The summed E-state index contributed by atoms with van der Waals surface area (Å²) >= 11 is 6.30. The smallest absolute Gasteiger partial charge is 0.288 e. The molecule has 1 aliphatic heterocycles. The van der Waals surface area contributed by atoms with Crippen LogP contribution in [0.1, 0.15) is 48.5 Å². The molecule has 2 rings (SSSR count). The Morgan fingerprint density at radius 1 is 1.24 bits per heavy atom. The summed E-state index contributed by atoms with van der Waals surface area (Å²) in [7, 11) is 0. The van der Waals surface area contributed by atoms with Gasteiger partial charge in [-0.05, 0) is 48.5 Å².